The Balaban J connectivity index is 1.20. The molecule has 2 aromatic rings. The molecule has 0 bridgehead atoms. The fraction of sp³-hybridized carbons (Fsp3) is 0.440. The van der Waals surface area contributed by atoms with Crippen LogP contribution in [0.15, 0.2) is 48.5 Å². The van der Waals surface area contributed by atoms with Crippen molar-refractivity contribution < 1.29 is 19.4 Å². The van der Waals surface area contributed by atoms with Crippen LogP contribution in [0.1, 0.15) is 38.3 Å². The quantitative estimate of drug-likeness (QED) is 0.581. The van der Waals surface area contributed by atoms with Gasteiger partial charge in [-0.1, -0.05) is 24.3 Å². The largest absolute Gasteiger partial charge is 0.390 e. The van der Waals surface area contributed by atoms with Gasteiger partial charge in [-0.05, 0) is 54.7 Å². The van der Waals surface area contributed by atoms with Crippen LogP contribution in [0.2, 0.25) is 0 Å². The van der Waals surface area contributed by atoms with E-state index in [2.05, 4.69) is 34.9 Å². The highest BCUT2D eigenvalue weighted by molar-refractivity contribution is 5.97. The summed E-state index contributed by atoms with van der Waals surface area (Å²) in [4.78, 5) is 26.8. The second kappa shape index (κ2) is 10.3. The second-order valence-electron chi connectivity index (χ2n) is 8.62. The van der Waals surface area contributed by atoms with E-state index in [0.717, 1.165) is 19.3 Å². The first-order chi connectivity index (χ1) is 15.5. The van der Waals surface area contributed by atoms with Crippen molar-refractivity contribution in [2.45, 2.75) is 37.5 Å². The summed E-state index contributed by atoms with van der Waals surface area (Å²) < 4.78 is 5.31. The van der Waals surface area contributed by atoms with Gasteiger partial charge in [0, 0.05) is 50.5 Å². The SMILES string of the molecule is COC1CCN(C(=O)c2ccc(C(=O)NC[C@@H](O)CNC3Cc4ccccc4C3)cc2)C1. The van der Waals surface area contributed by atoms with Crippen molar-refractivity contribution in [3.63, 3.8) is 0 Å². The molecule has 7 heteroatoms. The highest BCUT2D eigenvalue weighted by Gasteiger charge is 2.27. The third-order valence-electron chi connectivity index (χ3n) is 6.35. The van der Waals surface area contributed by atoms with Gasteiger partial charge in [-0.15, -0.1) is 0 Å². The number of carbonyl (C=O) groups excluding carboxylic acids is 2. The minimum atomic E-state index is -0.674. The summed E-state index contributed by atoms with van der Waals surface area (Å²) in [5.41, 5.74) is 3.74. The smallest absolute Gasteiger partial charge is 0.253 e. The monoisotopic (exact) mass is 437 g/mol. The molecule has 1 unspecified atom stereocenters. The van der Waals surface area contributed by atoms with Gasteiger partial charge in [-0.2, -0.15) is 0 Å². The number of methoxy groups -OCH3 is 1. The molecule has 2 aromatic carbocycles. The molecule has 0 aromatic heterocycles. The number of nitrogens with one attached hydrogen (secondary N) is 2. The first-order valence-corrected chi connectivity index (χ1v) is 11.2. The zero-order valence-electron chi connectivity index (χ0n) is 18.4. The van der Waals surface area contributed by atoms with Crippen LogP contribution in [-0.2, 0) is 17.6 Å². The van der Waals surface area contributed by atoms with Crippen molar-refractivity contribution in [3.05, 3.63) is 70.8 Å². The zero-order chi connectivity index (χ0) is 22.5. The van der Waals surface area contributed by atoms with Gasteiger partial charge in [0.15, 0.2) is 0 Å². The number of fused-ring (bicyclic) bond motifs is 1. The Morgan fingerprint density at radius 1 is 1.06 bits per heavy atom. The summed E-state index contributed by atoms with van der Waals surface area (Å²) in [5, 5.41) is 16.4. The number of likely N-dealkylation sites (tertiary alicyclic amines) is 1. The van der Waals surface area contributed by atoms with Crippen molar-refractivity contribution in [1.29, 1.82) is 0 Å². The minimum absolute atomic E-state index is 0.0490. The molecule has 1 heterocycles. The number of aliphatic hydroxyl groups excluding tert-OH is 1. The number of amides is 2. The Labute approximate surface area is 188 Å². The summed E-state index contributed by atoms with van der Waals surface area (Å²) in [5.74, 6) is -0.316. The molecule has 4 rings (SSSR count). The van der Waals surface area contributed by atoms with Gasteiger partial charge in [0.1, 0.15) is 0 Å². The normalized spacial score (nSPS) is 19.1. The Hall–Kier alpha value is -2.74. The summed E-state index contributed by atoms with van der Waals surface area (Å²) in [6, 6.07) is 15.4. The maximum atomic E-state index is 12.6. The molecule has 1 aliphatic heterocycles. The number of hydrogen-bond acceptors (Lipinski definition) is 5. The van der Waals surface area contributed by atoms with Crippen LogP contribution >= 0.6 is 0 Å². The Bertz CT molecular complexity index is 921. The van der Waals surface area contributed by atoms with Crippen molar-refractivity contribution in [2.24, 2.45) is 0 Å². The fourth-order valence-corrected chi connectivity index (χ4v) is 4.44. The van der Waals surface area contributed by atoms with Crippen molar-refractivity contribution in [3.8, 4) is 0 Å². The van der Waals surface area contributed by atoms with Crippen LogP contribution < -0.4 is 10.6 Å². The molecule has 2 amide bonds. The maximum absolute atomic E-state index is 12.6. The van der Waals surface area contributed by atoms with E-state index >= 15 is 0 Å². The van der Waals surface area contributed by atoms with Crippen LogP contribution in [0.25, 0.3) is 0 Å². The first kappa shape index (κ1) is 22.5. The standard InChI is InChI=1S/C25H31N3O4/c1-32-23-10-11-28(16-23)25(31)18-8-6-17(7-9-18)24(30)27-15-22(29)14-26-21-12-19-4-2-3-5-20(19)13-21/h2-9,21-23,26,29H,10-16H2,1H3,(H,27,30)/t22-,23?/m0/s1. The zero-order valence-corrected chi connectivity index (χ0v) is 18.4. The lowest BCUT2D eigenvalue weighted by Gasteiger charge is -2.17. The number of hydrogen-bond donors (Lipinski definition) is 3. The number of carbonyl (C=O) groups is 2. The summed E-state index contributed by atoms with van der Waals surface area (Å²) in [6.07, 6.45) is 2.18. The van der Waals surface area contributed by atoms with E-state index in [-0.39, 0.29) is 24.5 Å². The lowest BCUT2D eigenvalue weighted by Crippen LogP contribution is -2.41. The van der Waals surface area contributed by atoms with Gasteiger partial charge in [-0.25, -0.2) is 0 Å². The van der Waals surface area contributed by atoms with Gasteiger partial charge >= 0.3 is 0 Å². The summed E-state index contributed by atoms with van der Waals surface area (Å²) >= 11 is 0. The van der Waals surface area contributed by atoms with E-state index in [1.165, 1.54) is 11.1 Å². The van der Waals surface area contributed by atoms with Crippen LogP contribution in [0, 0.1) is 0 Å². The molecule has 0 radical (unpaired) electrons. The lowest BCUT2D eigenvalue weighted by atomic mass is 10.1. The van der Waals surface area contributed by atoms with E-state index in [4.69, 9.17) is 4.74 Å². The van der Waals surface area contributed by atoms with Gasteiger partial charge in [0.05, 0.1) is 12.2 Å². The predicted octanol–water partition coefficient (Wildman–Crippen LogP) is 1.40. The number of aliphatic hydroxyl groups is 1. The third-order valence-corrected chi connectivity index (χ3v) is 6.35. The van der Waals surface area contributed by atoms with E-state index in [1.807, 2.05) is 0 Å². The highest BCUT2D eigenvalue weighted by Crippen LogP contribution is 2.21. The summed E-state index contributed by atoms with van der Waals surface area (Å²) in [6.45, 7) is 1.86. The number of nitrogens with zero attached hydrogens (tertiary/aromatic N) is 1. The molecule has 170 valence electrons. The summed E-state index contributed by atoms with van der Waals surface area (Å²) in [7, 11) is 1.66. The number of ether oxygens (including phenoxy) is 1. The molecule has 32 heavy (non-hydrogen) atoms. The molecule has 2 atom stereocenters. The van der Waals surface area contributed by atoms with E-state index < -0.39 is 6.10 Å². The van der Waals surface area contributed by atoms with Gasteiger partial charge in [0.25, 0.3) is 11.8 Å². The Morgan fingerprint density at radius 2 is 1.72 bits per heavy atom. The van der Waals surface area contributed by atoms with E-state index in [1.54, 1.807) is 36.3 Å². The Kier molecular flexibility index (Phi) is 7.19. The van der Waals surface area contributed by atoms with E-state index in [9.17, 15) is 14.7 Å². The predicted molar refractivity (Wildman–Crippen MR) is 122 cm³/mol. The molecule has 0 spiro atoms. The topological polar surface area (TPSA) is 90.9 Å². The van der Waals surface area contributed by atoms with Crippen molar-refractivity contribution >= 4 is 11.8 Å². The molecule has 7 nitrogen and oxygen atoms in total. The first-order valence-electron chi connectivity index (χ1n) is 11.2. The van der Waals surface area contributed by atoms with Gasteiger partial charge in [-0.3, -0.25) is 9.59 Å². The molecule has 1 fully saturated rings. The third kappa shape index (κ3) is 5.35. The maximum Gasteiger partial charge on any atom is 0.253 e. The highest BCUT2D eigenvalue weighted by atomic mass is 16.5. The lowest BCUT2D eigenvalue weighted by molar-refractivity contribution is 0.0723. The fourth-order valence-electron chi connectivity index (χ4n) is 4.44. The second-order valence-corrected chi connectivity index (χ2v) is 8.62. The van der Waals surface area contributed by atoms with E-state index in [0.29, 0.717) is 36.8 Å². The van der Waals surface area contributed by atoms with Crippen LogP contribution in [0.3, 0.4) is 0 Å². The Morgan fingerprint density at radius 3 is 2.34 bits per heavy atom. The molecular weight excluding hydrogens is 406 g/mol. The molecule has 3 N–H and O–H groups in total. The number of rotatable bonds is 8. The molecule has 2 aliphatic rings. The van der Waals surface area contributed by atoms with Gasteiger partial charge < -0.3 is 25.4 Å². The average Bonchev–Trinajstić information content (AvgIpc) is 3.47. The molecule has 1 saturated heterocycles. The van der Waals surface area contributed by atoms with Crippen molar-refractivity contribution in [2.75, 3.05) is 33.3 Å². The van der Waals surface area contributed by atoms with Crippen LogP contribution in [-0.4, -0.2) is 73.4 Å². The van der Waals surface area contributed by atoms with Crippen molar-refractivity contribution in [1.82, 2.24) is 15.5 Å². The molecule has 1 aliphatic carbocycles. The van der Waals surface area contributed by atoms with Crippen LogP contribution in [0.5, 0.6) is 0 Å². The molecule has 0 saturated carbocycles. The van der Waals surface area contributed by atoms with Crippen LogP contribution in [0.4, 0.5) is 0 Å². The molecular formula is C25H31N3O4. The van der Waals surface area contributed by atoms with Gasteiger partial charge in [0.2, 0.25) is 0 Å². The number of benzene rings is 2. The average molecular weight is 438 g/mol. The minimum Gasteiger partial charge on any atom is -0.390 e.